The van der Waals surface area contributed by atoms with Crippen molar-refractivity contribution in [2.45, 2.75) is 6.92 Å². The van der Waals surface area contributed by atoms with Crippen molar-refractivity contribution in [3.8, 4) is 5.69 Å². The summed E-state index contributed by atoms with van der Waals surface area (Å²) >= 11 is 6.17. The first-order valence-electron chi connectivity index (χ1n) is 6.78. The van der Waals surface area contributed by atoms with Crippen LogP contribution in [0.2, 0.25) is 5.02 Å². The van der Waals surface area contributed by atoms with E-state index < -0.39 is 0 Å². The lowest BCUT2D eigenvalue weighted by molar-refractivity contribution is 0.0779. The molecular formula is C16H17ClN4O. The van der Waals surface area contributed by atoms with E-state index in [1.807, 2.05) is 18.2 Å². The second-order valence-corrected chi connectivity index (χ2v) is 5.04. The van der Waals surface area contributed by atoms with Crippen molar-refractivity contribution in [3.63, 3.8) is 0 Å². The van der Waals surface area contributed by atoms with Crippen LogP contribution in [0.25, 0.3) is 5.69 Å². The van der Waals surface area contributed by atoms with Gasteiger partial charge in [0, 0.05) is 13.1 Å². The maximum Gasteiger partial charge on any atom is 0.294 e. The molecule has 0 saturated carbocycles. The number of amides is 1. The zero-order chi connectivity index (χ0) is 16.1. The second-order valence-electron chi connectivity index (χ2n) is 4.63. The van der Waals surface area contributed by atoms with Crippen molar-refractivity contribution in [3.05, 3.63) is 66.2 Å². The molecule has 0 aliphatic heterocycles. The first kappa shape index (κ1) is 16.0. The van der Waals surface area contributed by atoms with Crippen LogP contribution in [-0.2, 0) is 0 Å². The van der Waals surface area contributed by atoms with Crippen molar-refractivity contribution in [2.24, 2.45) is 0 Å². The van der Waals surface area contributed by atoms with E-state index >= 15 is 0 Å². The normalized spacial score (nSPS) is 10.3. The third-order valence-electron chi connectivity index (χ3n) is 3.03. The van der Waals surface area contributed by atoms with E-state index in [0.29, 0.717) is 29.6 Å². The van der Waals surface area contributed by atoms with Gasteiger partial charge in [0.1, 0.15) is 5.82 Å². The van der Waals surface area contributed by atoms with Crippen molar-refractivity contribution in [1.29, 1.82) is 0 Å². The Labute approximate surface area is 134 Å². The predicted octanol–water partition coefficient (Wildman–Crippen LogP) is 3.04. The summed E-state index contributed by atoms with van der Waals surface area (Å²) in [5.74, 6) is 0.448. The molecule has 2 rings (SSSR count). The van der Waals surface area contributed by atoms with E-state index in [4.69, 9.17) is 11.6 Å². The zero-order valence-corrected chi connectivity index (χ0v) is 13.1. The van der Waals surface area contributed by atoms with Gasteiger partial charge in [-0.3, -0.25) is 4.79 Å². The molecule has 0 unspecified atom stereocenters. The number of benzene rings is 1. The average molecular weight is 317 g/mol. The van der Waals surface area contributed by atoms with E-state index in [-0.39, 0.29) is 11.7 Å². The molecule has 1 aromatic heterocycles. The van der Waals surface area contributed by atoms with Crippen molar-refractivity contribution in [1.82, 2.24) is 19.7 Å². The lowest BCUT2D eigenvalue weighted by atomic mass is 10.3. The van der Waals surface area contributed by atoms with Crippen molar-refractivity contribution < 1.29 is 4.79 Å². The summed E-state index contributed by atoms with van der Waals surface area (Å²) in [6.45, 7) is 9.89. The van der Waals surface area contributed by atoms with Gasteiger partial charge in [0.2, 0.25) is 5.82 Å². The highest BCUT2D eigenvalue weighted by atomic mass is 35.5. The van der Waals surface area contributed by atoms with Gasteiger partial charge in [-0.2, -0.15) is 0 Å². The molecule has 0 spiro atoms. The molecule has 0 atom stereocenters. The van der Waals surface area contributed by atoms with Crippen LogP contribution < -0.4 is 0 Å². The first-order chi connectivity index (χ1) is 10.6. The molecule has 0 aliphatic carbocycles. The lowest BCUT2D eigenvalue weighted by Crippen LogP contribution is -2.32. The molecule has 0 radical (unpaired) electrons. The van der Waals surface area contributed by atoms with E-state index in [0.717, 1.165) is 0 Å². The molecule has 2 aromatic rings. The largest absolute Gasteiger partial charge is 0.328 e. The van der Waals surface area contributed by atoms with Gasteiger partial charge in [0.15, 0.2) is 0 Å². The van der Waals surface area contributed by atoms with Gasteiger partial charge < -0.3 is 4.90 Å². The highest BCUT2D eigenvalue weighted by Gasteiger charge is 2.20. The Bertz CT molecular complexity index is 698. The number of carbonyl (C=O) groups is 1. The van der Waals surface area contributed by atoms with Gasteiger partial charge in [-0.1, -0.05) is 35.9 Å². The van der Waals surface area contributed by atoms with Crippen LogP contribution in [0.1, 0.15) is 16.4 Å². The van der Waals surface area contributed by atoms with E-state index in [9.17, 15) is 4.79 Å². The van der Waals surface area contributed by atoms with Gasteiger partial charge in [-0.25, -0.2) is 9.67 Å². The molecule has 0 saturated heterocycles. The Balaban J connectivity index is 2.37. The Kier molecular flexibility index (Phi) is 5.12. The van der Waals surface area contributed by atoms with Crippen molar-refractivity contribution >= 4 is 17.5 Å². The molecule has 1 heterocycles. The number of carbonyl (C=O) groups excluding carboxylic acids is 1. The summed E-state index contributed by atoms with van der Waals surface area (Å²) in [5, 5.41) is 4.83. The lowest BCUT2D eigenvalue weighted by Gasteiger charge is -2.16. The van der Waals surface area contributed by atoms with E-state index in [2.05, 4.69) is 23.2 Å². The minimum absolute atomic E-state index is 0.126. The van der Waals surface area contributed by atoms with Crippen LogP contribution in [-0.4, -0.2) is 38.7 Å². The third-order valence-corrected chi connectivity index (χ3v) is 3.35. The summed E-state index contributed by atoms with van der Waals surface area (Å²) in [4.78, 5) is 18.3. The maximum absolute atomic E-state index is 12.5. The van der Waals surface area contributed by atoms with Gasteiger partial charge in [0.05, 0.1) is 10.7 Å². The minimum Gasteiger partial charge on any atom is -0.328 e. The topological polar surface area (TPSA) is 51.0 Å². The number of hydrogen-bond donors (Lipinski definition) is 0. The highest BCUT2D eigenvalue weighted by molar-refractivity contribution is 6.32. The molecule has 6 heteroatoms. The number of halogens is 1. The van der Waals surface area contributed by atoms with Gasteiger partial charge in [0.25, 0.3) is 5.91 Å². The van der Waals surface area contributed by atoms with Crippen LogP contribution in [0.3, 0.4) is 0 Å². The van der Waals surface area contributed by atoms with Crippen LogP contribution >= 0.6 is 11.6 Å². The third kappa shape index (κ3) is 3.26. The number of rotatable bonds is 6. The average Bonchev–Trinajstić information content (AvgIpc) is 2.88. The quantitative estimate of drug-likeness (QED) is 0.770. The predicted molar refractivity (Wildman–Crippen MR) is 87.4 cm³/mol. The van der Waals surface area contributed by atoms with Crippen LogP contribution in [0, 0.1) is 6.92 Å². The fraction of sp³-hybridized carbons (Fsp3) is 0.188. The molecule has 0 aliphatic rings. The molecule has 22 heavy (non-hydrogen) atoms. The Morgan fingerprint density at radius 3 is 2.55 bits per heavy atom. The molecule has 0 fully saturated rings. The molecule has 0 bridgehead atoms. The Hall–Kier alpha value is -2.40. The van der Waals surface area contributed by atoms with Gasteiger partial charge in [-0.05, 0) is 19.1 Å². The zero-order valence-electron chi connectivity index (χ0n) is 12.4. The summed E-state index contributed by atoms with van der Waals surface area (Å²) < 4.78 is 1.57. The smallest absolute Gasteiger partial charge is 0.294 e. The maximum atomic E-state index is 12.5. The minimum atomic E-state index is -0.270. The summed E-state index contributed by atoms with van der Waals surface area (Å²) in [6, 6.07) is 7.27. The van der Waals surface area contributed by atoms with E-state index in [1.165, 1.54) is 0 Å². The molecule has 5 nitrogen and oxygen atoms in total. The van der Waals surface area contributed by atoms with E-state index in [1.54, 1.807) is 34.7 Å². The number of para-hydroxylation sites is 1. The van der Waals surface area contributed by atoms with Gasteiger partial charge >= 0.3 is 0 Å². The summed E-state index contributed by atoms with van der Waals surface area (Å²) in [7, 11) is 0. The molecule has 114 valence electrons. The Morgan fingerprint density at radius 2 is 1.95 bits per heavy atom. The SMILES string of the molecule is C=CCN(CC=C)C(=O)c1nc(C)n(-c2ccccc2Cl)n1. The molecule has 1 aromatic carbocycles. The number of aryl methyl sites for hydroxylation is 1. The standard InChI is InChI=1S/C16H17ClN4O/c1-4-10-20(11-5-2)16(22)15-18-12(3)21(19-15)14-9-7-6-8-13(14)17/h4-9H,1-2,10-11H2,3H3. The fourth-order valence-electron chi connectivity index (χ4n) is 2.03. The second kappa shape index (κ2) is 7.04. The number of aromatic nitrogens is 3. The molecule has 1 amide bonds. The monoisotopic (exact) mass is 316 g/mol. The fourth-order valence-corrected chi connectivity index (χ4v) is 2.24. The highest BCUT2D eigenvalue weighted by Crippen LogP contribution is 2.20. The molecule has 0 N–H and O–H groups in total. The van der Waals surface area contributed by atoms with Crippen LogP contribution in [0.4, 0.5) is 0 Å². The van der Waals surface area contributed by atoms with Crippen molar-refractivity contribution in [2.75, 3.05) is 13.1 Å². The number of nitrogens with zero attached hydrogens (tertiary/aromatic N) is 4. The summed E-state index contributed by atoms with van der Waals surface area (Å²) in [6.07, 6.45) is 3.30. The first-order valence-corrected chi connectivity index (χ1v) is 7.16. The van der Waals surface area contributed by atoms with Gasteiger partial charge in [-0.15, -0.1) is 18.3 Å². The number of hydrogen-bond acceptors (Lipinski definition) is 3. The Morgan fingerprint density at radius 1 is 1.32 bits per heavy atom. The summed E-state index contributed by atoms with van der Waals surface area (Å²) in [5.41, 5.74) is 0.687. The molecular weight excluding hydrogens is 300 g/mol. The van der Waals surface area contributed by atoms with Crippen LogP contribution in [0.5, 0.6) is 0 Å². The van der Waals surface area contributed by atoms with Crippen LogP contribution in [0.15, 0.2) is 49.6 Å².